The highest BCUT2D eigenvalue weighted by Crippen LogP contribution is 2.09. The second-order valence-corrected chi connectivity index (χ2v) is 4.30. The average molecular weight is 241 g/mol. The van der Waals surface area contributed by atoms with Gasteiger partial charge in [-0.15, -0.1) is 11.6 Å². The van der Waals surface area contributed by atoms with Crippen molar-refractivity contribution in [3.8, 4) is 0 Å². The first kappa shape index (κ1) is 11.6. The molecule has 0 amide bonds. The Morgan fingerprint density at radius 2 is 1.81 bits per heavy atom. The van der Waals surface area contributed by atoms with Gasteiger partial charge in [-0.2, -0.15) is 0 Å². The quantitative estimate of drug-likeness (QED) is 0.741. The molecule has 1 aromatic heterocycles. The summed E-state index contributed by atoms with van der Waals surface area (Å²) in [7, 11) is 0. The van der Waals surface area contributed by atoms with Gasteiger partial charge in [0, 0.05) is 44.5 Å². The molecule has 0 N–H and O–H groups in total. The highest BCUT2D eigenvalue weighted by Gasteiger charge is 2.17. The summed E-state index contributed by atoms with van der Waals surface area (Å²) in [4.78, 5) is 13.2. The number of rotatable bonds is 4. The molecule has 0 spiro atoms. The summed E-state index contributed by atoms with van der Waals surface area (Å²) in [5, 5.41) is 0. The van der Waals surface area contributed by atoms with Gasteiger partial charge in [-0.3, -0.25) is 4.90 Å². The van der Waals surface area contributed by atoms with Gasteiger partial charge in [0.2, 0.25) is 5.95 Å². The fourth-order valence-corrected chi connectivity index (χ4v) is 2.03. The molecule has 88 valence electrons. The fourth-order valence-electron chi connectivity index (χ4n) is 1.91. The molecule has 1 saturated heterocycles. The van der Waals surface area contributed by atoms with Crippen LogP contribution < -0.4 is 4.90 Å². The van der Waals surface area contributed by atoms with Crippen LogP contribution in [0.1, 0.15) is 6.42 Å². The lowest BCUT2D eigenvalue weighted by Gasteiger charge is -2.34. The molecule has 0 unspecified atom stereocenters. The molecular formula is C11H17ClN4. The van der Waals surface area contributed by atoms with E-state index in [2.05, 4.69) is 19.8 Å². The summed E-state index contributed by atoms with van der Waals surface area (Å²) in [6.45, 7) is 5.27. The minimum absolute atomic E-state index is 0.752. The van der Waals surface area contributed by atoms with Crippen molar-refractivity contribution in [2.75, 3.05) is 43.5 Å². The molecule has 1 aliphatic heterocycles. The third kappa shape index (κ3) is 3.06. The Kier molecular flexibility index (Phi) is 4.36. The van der Waals surface area contributed by atoms with Gasteiger partial charge in [-0.25, -0.2) is 9.97 Å². The summed E-state index contributed by atoms with van der Waals surface area (Å²) in [5.41, 5.74) is 0. The number of halogens is 1. The predicted octanol–water partition coefficient (Wildman–Crippen LogP) is 1.23. The van der Waals surface area contributed by atoms with E-state index in [0.29, 0.717) is 0 Å². The van der Waals surface area contributed by atoms with Crippen molar-refractivity contribution in [2.24, 2.45) is 0 Å². The Bertz CT molecular complexity index is 298. The molecule has 0 radical (unpaired) electrons. The number of alkyl halides is 1. The number of hydrogen-bond acceptors (Lipinski definition) is 4. The molecule has 0 saturated carbocycles. The standard InChI is InChI=1S/C11H17ClN4/c12-3-1-6-15-7-9-16(10-8-15)11-13-4-2-5-14-11/h2,4-5H,1,3,6-10H2. The number of nitrogens with zero attached hydrogens (tertiary/aromatic N) is 4. The Labute approximate surface area is 101 Å². The first-order valence-corrected chi connectivity index (χ1v) is 6.24. The van der Waals surface area contributed by atoms with Crippen molar-refractivity contribution >= 4 is 17.5 Å². The summed E-state index contributed by atoms with van der Waals surface area (Å²) in [6.07, 6.45) is 4.66. The van der Waals surface area contributed by atoms with Crippen molar-refractivity contribution in [3.05, 3.63) is 18.5 Å². The third-order valence-corrected chi connectivity index (χ3v) is 3.08. The van der Waals surface area contributed by atoms with Crippen LogP contribution in [0.15, 0.2) is 18.5 Å². The first-order chi connectivity index (χ1) is 7.90. The normalized spacial score (nSPS) is 17.7. The van der Waals surface area contributed by atoms with Crippen molar-refractivity contribution in [2.45, 2.75) is 6.42 Å². The fraction of sp³-hybridized carbons (Fsp3) is 0.636. The zero-order chi connectivity index (χ0) is 11.2. The maximum Gasteiger partial charge on any atom is 0.225 e. The zero-order valence-corrected chi connectivity index (χ0v) is 10.1. The SMILES string of the molecule is ClCCCN1CCN(c2ncccn2)CC1. The summed E-state index contributed by atoms with van der Waals surface area (Å²) in [6, 6.07) is 1.85. The van der Waals surface area contributed by atoms with E-state index < -0.39 is 0 Å². The second kappa shape index (κ2) is 6.01. The maximum absolute atomic E-state index is 5.69. The number of piperazine rings is 1. The number of aromatic nitrogens is 2. The molecule has 2 heterocycles. The average Bonchev–Trinajstić information content (AvgIpc) is 2.38. The van der Waals surface area contributed by atoms with E-state index in [1.807, 2.05) is 6.07 Å². The highest BCUT2D eigenvalue weighted by molar-refractivity contribution is 6.17. The van der Waals surface area contributed by atoms with E-state index in [4.69, 9.17) is 11.6 Å². The zero-order valence-electron chi connectivity index (χ0n) is 9.35. The number of anilines is 1. The van der Waals surface area contributed by atoms with E-state index in [1.165, 1.54) is 0 Å². The lowest BCUT2D eigenvalue weighted by atomic mass is 10.3. The van der Waals surface area contributed by atoms with Crippen LogP contribution in [0, 0.1) is 0 Å². The van der Waals surface area contributed by atoms with Gasteiger partial charge >= 0.3 is 0 Å². The molecule has 0 atom stereocenters. The van der Waals surface area contributed by atoms with Crippen LogP contribution in [0.4, 0.5) is 5.95 Å². The van der Waals surface area contributed by atoms with Gasteiger partial charge in [0.1, 0.15) is 0 Å². The second-order valence-electron chi connectivity index (χ2n) is 3.92. The van der Waals surface area contributed by atoms with Gasteiger partial charge in [0.05, 0.1) is 0 Å². The van der Waals surface area contributed by atoms with Crippen LogP contribution in [0.25, 0.3) is 0 Å². The van der Waals surface area contributed by atoms with Crippen LogP contribution in [0.3, 0.4) is 0 Å². The molecule has 1 aliphatic rings. The molecule has 0 bridgehead atoms. The van der Waals surface area contributed by atoms with Gasteiger partial charge in [-0.1, -0.05) is 0 Å². The Morgan fingerprint density at radius 3 is 2.44 bits per heavy atom. The minimum atomic E-state index is 0.752. The van der Waals surface area contributed by atoms with E-state index in [1.54, 1.807) is 12.4 Å². The molecule has 4 nitrogen and oxygen atoms in total. The van der Waals surface area contributed by atoms with Gasteiger partial charge < -0.3 is 4.90 Å². The number of hydrogen-bond donors (Lipinski definition) is 0. The first-order valence-electron chi connectivity index (χ1n) is 5.70. The molecular weight excluding hydrogens is 224 g/mol. The summed E-state index contributed by atoms with van der Waals surface area (Å²) in [5.74, 6) is 1.60. The van der Waals surface area contributed by atoms with Crippen LogP contribution in [0.2, 0.25) is 0 Å². The maximum atomic E-state index is 5.69. The Morgan fingerprint density at radius 1 is 1.12 bits per heavy atom. The highest BCUT2D eigenvalue weighted by atomic mass is 35.5. The molecule has 0 aliphatic carbocycles. The van der Waals surface area contributed by atoms with E-state index in [-0.39, 0.29) is 0 Å². The molecule has 1 fully saturated rings. The third-order valence-electron chi connectivity index (χ3n) is 2.82. The lowest BCUT2D eigenvalue weighted by Crippen LogP contribution is -2.47. The smallest absolute Gasteiger partial charge is 0.225 e. The van der Waals surface area contributed by atoms with Crippen LogP contribution in [0.5, 0.6) is 0 Å². The predicted molar refractivity (Wildman–Crippen MR) is 66.0 cm³/mol. The van der Waals surface area contributed by atoms with E-state index in [0.717, 1.165) is 51.0 Å². The van der Waals surface area contributed by atoms with E-state index in [9.17, 15) is 0 Å². The van der Waals surface area contributed by atoms with Crippen molar-refractivity contribution in [1.29, 1.82) is 0 Å². The molecule has 1 aromatic rings. The van der Waals surface area contributed by atoms with Crippen LogP contribution in [-0.4, -0.2) is 53.5 Å². The van der Waals surface area contributed by atoms with Crippen molar-refractivity contribution < 1.29 is 0 Å². The van der Waals surface area contributed by atoms with Crippen LogP contribution >= 0.6 is 11.6 Å². The van der Waals surface area contributed by atoms with Gasteiger partial charge in [0.25, 0.3) is 0 Å². The van der Waals surface area contributed by atoms with Crippen molar-refractivity contribution in [3.63, 3.8) is 0 Å². The summed E-state index contributed by atoms with van der Waals surface area (Å²) < 4.78 is 0. The molecule has 2 rings (SSSR count). The largest absolute Gasteiger partial charge is 0.338 e. The van der Waals surface area contributed by atoms with Crippen LogP contribution in [-0.2, 0) is 0 Å². The molecule has 0 aromatic carbocycles. The van der Waals surface area contributed by atoms with Gasteiger partial charge in [0.15, 0.2) is 0 Å². The Hall–Kier alpha value is -0.870. The van der Waals surface area contributed by atoms with Gasteiger partial charge in [-0.05, 0) is 19.0 Å². The van der Waals surface area contributed by atoms with Crippen molar-refractivity contribution in [1.82, 2.24) is 14.9 Å². The molecule has 5 heteroatoms. The lowest BCUT2D eigenvalue weighted by molar-refractivity contribution is 0.258. The topological polar surface area (TPSA) is 32.3 Å². The minimum Gasteiger partial charge on any atom is -0.338 e. The Balaban J connectivity index is 1.81. The monoisotopic (exact) mass is 240 g/mol. The van der Waals surface area contributed by atoms with E-state index >= 15 is 0 Å². The molecule has 16 heavy (non-hydrogen) atoms. The summed E-state index contributed by atoms with van der Waals surface area (Å²) >= 11 is 5.69.